The van der Waals surface area contributed by atoms with Crippen LogP contribution in [0.1, 0.15) is 43.6 Å². The standard InChI is InChI=1S/C22H26ClFN2O5S/c1-5-26(13-15-7-6-8-17(24)11-15)20(27)14-31-21(28)16-9-10-18(23)19(12-16)32(29,30)25-22(2,3)4/h6-12,25H,5,13-14H2,1-4H3. The summed E-state index contributed by atoms with van der Waals surface area (Å²) in [6.45, 7) is 6.70. The van der Waals surface area contributed by atoms with Crippen molar-refractivity contribution in [2.24, 2.45) is 0 Å². The van der Waals surface area contributed by atoms with E-state index in [0.29, 0.717) is 12.1 Å². The summed E-state index contributed by atoms with van der Waals surface area (Å²) in [4.78, 5) is 26.0. The Labute approximate surface area is 192 Å². The molecule has 2 rings (SSSR count). The fourth-order valence-corrected chi connectivity index (χ4v) is 4.77. The lowest BCUT2D eigenvalue weighted by Crippen LogP contribution is -2.40. The first-order chi connectivity index (χ1) is 14.8. The number of halogens is 2. The second-order valence-electron chi connectivity index (χ2n) is 8.11. The molecule has 0 atom stereocenters. The molecule has 1 amide bonds. The van der Waals surface area contributed by atoms with Gasteiger partial charge in [-0.3, -0.25) is 4.79 Å². The number of hydrogen-bond donors (Lipinski definition) is 1. The van der Waals surface area contributed by atoms with Crippen molar-refractivity contribution in [2.45, 2.75) is 44.7 Å². The number of carbonyl (C=O) groups is 2. The third-order valence-corrected chi connectivity index (χ3v) is 6.46. The SMILES string of the molecule is CCN(Cc1cccc(F)c1)C(=O)COC(=O)c1ccc(Cl)c(S(=O)(=O)NC(C)(C)C)c1. The highest BCUT2D eigenvalue weighted by Gasteiger charge is 2.26. The second kappa shape index (κ2) is 10.4. The number of sulfonamides is 1. The minimum atomic E-state index is -3.99. The molecule has 0 radical (unpaired) electrons. The zero-order valence-electron chi connectivity index (χ0n) is 18.3. The molecule has 2 aromatic carbocycles. The summed E-state index contributed by atoms with van der Waals surface area (Å²) in [5, 5.41) is -0.0540. The van der Waals surface area contributed by atoms with Crippen LogP contribution in [0.25, 0.3) is 0 Å². The molecule has 1 N–H and O–H groups in total. The van der Waals surface area contributed by atoms with Gasteiger partial charge in [0.2, 0.25) is 10.0 Å². The van der Waals surface area contributed by atoms with E-state index in [1.54, 1.807) is 39.8 Å². The van der Waals surface area contributed by atoms with Crippen molar-refractivity contribution in [2.75, 3.05) is 13.2 Å². The zero-order chi connectivity index (χ0) is 24.1. The summed E-state index contributed by atoms with van der Waals surface area (Å²) in [6.07, 6.45) is 0. The highest BCUT2D eigenvalue weighted by Crippen LogP contribution is 2.24. The largest absolute Gasteiger partial charge is 0.452 e. The average molecular weight is 485 g/mol. The van der Waals surface area contributed by atoms with Gasteiger partial charge in [0.1, 0.15) is 10.7 Å². The fourth-order valence-electron chi connectivity index (χ4n) is 2.83. The van der Waals surface area contributed by atoms with Gasteiger partial charge >= 0.3 is 5.97 Å². The van der Waals surface area contributed by atoms with Crippen molar-refractivity contribution in [1.82, 2.24) is 9.62 Å². The Morgan fingerprint density at radius 2 is 1.84 bits per heavy atom. The van der Waals surface area contributed by atoms with Gasteiger partial charge in [-0.2, -0.15) is 0 Å². The Kier molecular flexibility index (Phi) is 8.39. The number of nitrogens with one attached hydrogen (secondary N) is 1. The molecule has 0 spiro atoms. The molecule has 0 unspecified atom stereocenters. The Morgan fingerprint density at radius 3 is 2.44 bits per heavy atom. The van der Waals surface area contributed by atoms with E-state index in [1.165, 1.54) is 29.2 Å². The topological polar surface area (TPSA) is 92.8 Å². The fraction of sp³-hybridized carbons (Fsp3) is 0.364. The minimum absolute atomic E-state index is 0.0540. The van der Waals surface area contributed by atoms with Crippen LogP contribution in [0.2, 0.25) is 5.02 Å². The summed E-state index contributed by atoms with van der Waals surface area (Å²) < 4.78 is 46.1. The number of nitrogens with zero attached hydrogens (tertiary/aromatic N) is 1. The molecule has 174 valence electrons. The zero-order valence-corrected chi connectivity index (χ0v) is 19.9. The molecular formula is C22H26ClFN2O5S. The molecule has 0 heterocycles. The van der Waals surface area contributed by atoms with E-state index in [9.17, 15) is 22.4 Å². The predicted octanol–water partition coefficient (Wildman–Crippen LogP) is 3.76. The van der Waals surface area contributed by atoms with E-state index in [2.05, 4.69) is 4.72 Å². The van der Waals surface area contributed by atoms with Gasteiger partial charge in [-0.05, 0) is 63.6 Å². The lowest BCUT2D eigenvalue weighted by Gasteiger charge is -2.21. The van der Waals surface area contributed by atoms with E-state index < -0.39 is 39.9 Å². The van der Waals surface area contributed by atoms with Gasteiger partial charge < -0.3 is 9.64 Å². The Hall–Kier alpha value is -2.49. The second-order valence-corrected chi connectivity index (χ2v) is 10.2. The number of hydrogen-bond acceptors (Lipinski definition) is 5. The minimum Gasteiger partial charge on any atom is -0.452 e. The summed E-state index contributed by atoms with van der Waals surface area (Å²) >= 11 is 6.03. The number of carbonyl (C=O) groups excluding carboxylic acids is 2. The quantitative estimate of drug-likeness (QED) is 0.576. The molecule has 0 saturated heterocycles. The molecule has 10 heteroatoms. The first kappa shape index (κ1) is 25.8. The molecule has 0 aliphatic carbocycles. The van der Waals surface area contributed by atoms with Crippen LogP contribution in [0.15, 0.2) is 47.4 Å². The molecule has 0 saturated carbocycles. The number of amides is 1. The van der Waals surface area contributed by atoms with Crippen molar-refractivity contribution in [1.29, 1.82) is 0 Å². The number of esters is 1. The van der Waals surface area contributed by atoms with Crippen LogP contribution < -0.4 is 4.72 Å². The van der Waals surface area contributed by atoms with Crippen molar-refractivity contribution in [3.8, 4) is 0 Å². The molecule has 7 nitrogen and oxygen atoms in total. The van der Waals surface area contributed by atoms with E-state index in [1.807, 2.05) is 0 Å². The van der Waals surface area contributed by atoms with Gasteiger partial charge in [-0.1, -0.05) is 23.7 Å². The van der Waals surface area contributed by atoms with E-state index in [0.717, 1.165) is 6.07 Å². The summed E-state index contributed by atoms with van der Waals surface area (Å²) in [5.74, 6) is -1.75. The normalized spacial score (nSPS) is 11.8. The molecule has 0 fully saturated rings. The van der Waals surface area contributed by atoms with Crippen LogP contribution in [0.5, 0.6) is 0 Å². The first-order valence-corrected chi connectivity index (χ1v) is 11.7. The smallest absolute Gasteiger partial charge is 0.338 e. The van der Waals surface area contributed by atoms with Gasteiger partial charge in [-0.25, -0.2) is 22.3 Å². The number of benzene rings is 2. The lowest BCUT2D eigenvalue weighted by molar-refractivity contribution is -0.134. The van der Waals surface area contributed by atoms with Crippen LogP contribution in [0.4, 0.5) is 4.39 Å². The summed E-state index contributed by atoms with van der Waals surface area (Å²) in [5.41, 5.74) is -0.216. The van der Waals surface area contributed by atoms with Gasteiger partial charge in [0.05, 0.1) is 10.6 Å². The maximum atomic E-state index is 13.4. The van der Waals surface area contributed by atoms with Gasteiger partial charge in [0, 0.05) is 18.6 Å². The van der Waals surface area contributed by atoms with Crippen molar-refractivity contribution < 1.29 is 27.1 Å². The number of rotatable bonds is 8. The van der Waals surface area contributed by atoms with E-state index in [4.69, 9.17) is 16.3 Å². The Morgan fingerprint density at radius 1 is 1.16 bits per heavy atom. The molecule has 32 heavy (non-hydrogen) atoms. The third-order valence-electron chi connectivity index (χ3n) is 4.22. The molecular weight excluding hydrogens is 459 g/mol. The van der Waals surface area contributed by atoms with Gasteiger partial charge in [0.15, 0.2) is 6.61 Å². The molecule has 0 aromatic heterocycles. The van der Waals surface area contributed by atoms with Crippen molar-refractivity contribution >= 4 is 33.5 Å². The number of ether oxygens (including phenoxy) is 1. The van der Waals surface area contributed by atoms with Crippen molar-refractivity contribution in [3.05, 3.63) is 64.4 Å². The highest BCUT2D eigenvalue weighted by atomic mass is 35.5. The first-order valence-electron chi connectivity index (χ1n) is 9.85. The third kappa shape index (κ3) is 7.29. The van der Waals surface area contributed by atoms with Crippen LogP contribution in [0.3, 0.4) is 0 Å². The number of likely N-dealkylation sites (N-methyl/N-ethyl adjacent to an activating group) is 1. The van der Waals surface area contributed by atoms with Gasteiger partial charge in [0.25, 0.3) is 5.91 Å². The van der Waals surface area contributed by atoms with Crippen LogP contribution >= 0.6 is 11.6 Å². The Balaban J connectivity index is 2.09. The highest BCUT2D eigenvalue weighted by molar-refractivity contribution is 7.89. The van der Waals surface area contributed by atoms with E-state index in [-0.39, 0.29) is 22.0 Å². The monoisotopic (exact) mass is 484 g/mol. The van der Waals surface area contributed by atoms with Crippen LogP contribution in [-0.4, -0.2) is 43.9 Å². The van der Waals surface area contributed by atoms with Crippen molar-refractivity contribution in [3.63, 3.8) is 0 Å². The van der Waals surface area contributed by atoms with Crippen LogP contribution in [-0.2, 0) is 26.1 Å². The van der Waals surface area contributed by atoms with Crippen LogP contribution in [0, 0.1) is 5.82 Å². The molecule has 2 aromatic rings. The average Bonchev–Trinajstić information content (AvgIpc) is 2.68. The maximum absolute atomic E-state index is 13.4. The predicted molar refractivity (Wildman–Crippen MR) is 119 cm³/mol. The summed E-state index contributed by atoms with van der Waals surface area (Å²) in [6, 6.07) is 9.56. The maximum Gasteiger partial charge on any atom is 0.338 e. The Bertz CT molecular complexity index is 1100. The molecule has 0 aliphatic heterocycles. The lowest BCUT2D eigenvalue weighted by atomic mass is 10.1. The summed E-state index contributed by atoms with van der Waals surface area (Å²) in [7, 11) is -3.99. The molecule has 0 aliphatic rings. The molecule has 0 bridgehead atoms. The van der Waals surface area contributed by atoms with E-state index >= 15 is 0 Å². The van der Waals surface area contributed by atoms with Gasteiger partial charge in [-0.15, -0.1) is 0 Å².